The van der Waals surface area contributed by atoms with Gasteiger partial charge < -0.3 is 0 Å². The Balaban J connectivity index is 4.49. The average Bonchev–Trinajstić information content (AvgIpc) is 1.60. The predicted octanol–water partition coefficient (Wildman–Crippen LogP) is -0.861. The molecule has 8 heteroatoms. The molecule has 1 atom stereocenters. The standard InChI is InChI=1S/C2H6O5S3/c1-7-10(6,8)2-9(3,4)5/h2H2,1H3,(H,3,4,5). The lowest BCUT2D eigenvalue weighted by molar-refractivity contribution is 0.442. The van der Waals surface area contributed by atoms with Crippen molar-refractivity contribution in [3.8, 4) is 0 Å². The minimum Gasteiger partial charge on any atom is -0.293 e. The third kappa shape index (κ3) is 5.06. The summed E-state index contributed by atoms with van der Waals surface area (Å²) in [6.07, 6.45) is 0. The van der Waals surface area contributed by atoms with E-state index in [1.54, 1.807) is 0 Å². The maximum Gasteiger partial charge on any atom is 0.279 e. The van der Waals surface area contributed by atoms with Crippen molar-refractivity contribution in [3.05, 3.63) is 0 Å². The van der Waals surface area contributed by atoms with Gasteiger partial charge in [0.05, 0.1) is 7.11 Å². The first kappa shape index (κ1) is 10.2. The van der Waals surface area contributed by atoms with Gasteiger partial charge in [0.2, 0.25) is 0 Å². The monoisotopic (exact) mass is 206 g/mol. The molecule has 0 bridgehead atoms. The fourth-order valence-electron chi connectivity index (χ4n) is 0.231. The summed E-state index contributed by atoms with van der Waals surface area (Å²) in [5.74, 6) is 0. The van der Waals surface area contributed by atoms with Gasteiger partial charge in [0.25, 0.3) is 10.1 Å². The molecule has 0 aromatic rings. The molecule has 0 aliphatic heterocycles. The summed E-state index contributed by atoms with van der Waals surface area (Å²) in [7, 11) is -6.57. The second-order valence-corrected chi connectivity index (χ2v) is 6.50. The summed E-state index contributed by atoms with van der Waals surface area (Å²) in [4.78, 5) is 0. The van der Waals surface area contributed by atoms with Crippen LogP contribution in [0.2, 0.25) is 0 Å². The third-order valence-corrected chi connectivity index (χ3v) is 4.68. The Kier molecular flexibility index (Phi) is 3.17. The van der Waals surface area contributed by atoms with E-state index < -0.39 is 24.0 Å². The molecule has 0 aliphatic rings. The van der Waals surface area contributed by atoms with E-state index in [2.05, 4.69) is 15.4 Å². The quantitative estimate of drug-likeness (QED) is 0.605. The first-order chi connectivity index (χ1) is 4.27. The highest BCUT2D eigenvalue weighted by Gasteiger charge is 2.14. The zero-order chi connectivity index (χ0) is 8.41. The summed E-state index contributed by atoms with van der Waals surface area (Å²) < 4.78 is 42.9. The fourth-order valence-corrected chi connectivity index (χ4v) is 3.17. The molecule has 0 radical (unpaired) electrons. The van der Waals surface area contributed by atoms with E-state index in [1.807, 2.05) is 0 Å². The van der Waals surface area contributed by atoms with Crippen LogP contribution < -0.4 is 0 Å². The zero-order valence-electron chi connectivity index (χ0n) is 5.01. The Morgan fingerprint density at radius 1 is 1.50 bits per heavy atom. The minimum atomic E-state index is -4.30. The van der Waals surface area contributed by atoms with Crippen molar-refractivity contribution in [2.24, 2.45) is 0 Å². The summed E-state index contributed by atoms with van der Waals surface area (Å²) >= 11 is 4.16. The first-order valence-corrected chi connectivity index (χ1v) is 6.19. The van der Waals surface area contributed by atoms with Gasteiger partial charge in [-0.15, -0.1) is 0 Å². The molecule has 0 aliphatic carbocycles. The highest BCUT2D eigenvalue weighted by molar-refractivity contribution is 8.33. The van der Waals surface area contributed by atoms with Crippen LogP contribution in [0.4, 0.5) is 0 Å². The van der Waals surface area contributed by atoms with Crippen LogP contribution in [0.3, 0.4) is 0 Å². The van der Waals surface area contributed by atoms with Gasteiger partial charge in [0.15, 0.2) is 13.9 Å². The van der Waals surface area contributed by atoms with Crippen LogP contribution in [0.15, 0.2) is 0 Å². The molecule has 0 heterocycles. The molecular weight excluding hydrogens is 200 g/mol. The minimum absolute atomic E-state index is 1.01. The van der Waals surface area contributed by atoms with Crippen molar-refractivity contribution in [1.29, 1.82) is 0 Å². The number of rotatable bonds is 3. The molecule has 0 aromatic heterocycles. The van der Waals surface area contributed by atoms with Crippen LogP contribution in [0.1, 0.15) is 0 Å². The lowest BCUT2D eigenvalue weighted by Gasteiger charge is -1.99. The summed E-state index contributed by atoms with van der Waals surface area (Å²) in [6.45, 7) is 0. The molecule has 0 aromatic carbocycles. The average molecular weight is 206 g/mol. The summed E-state index contributed by atoms with van der Waals surface area (Å²) in [5, 5.41) is -1.04. The van der Waals surface area contributed by atoms with Crippen LogP contribution in [0.25, 0.3) is 0 Å². The SMILES string of the molecule is COS(=O)(=S)CS(=O)(=O)O. The topological polar surface area (TPSA) is 80.7 Å². The van der Waals surface area contributed by atoms with E-state index >= 15 is 0 Å². The molecule has 0 rings (SSSR count). The normalized spacial score (nSPS) is 18.2. The van der Waals surface area contributed by atoms with Crippen LogP contribution >= 0.6 is 0 Å². The Labute approximate surface area is 64.0 Å². The molecule has 0 amide bonds. The second kappa shape index (κ2) is 3.09. The Morgan fingerprint density at radius 3 is 2.00 bits per heavy atom. The van der Waals surface area contributed by atoms with Gasteiger partial charge in [0.1, 0.15) is 0 Å². The first-order valence-electron chi connectivity index (χ1n) is 2.00. The molecule has 62 valence electrons. The molecule has 0 fully saturated rings. The van der Waals surface area contributed by atoms with Gasteiger partial charge in [0, 0.05) is 11.2 Å². The van der Waals surface area contributed by atoms with Crippen LogP contribution in [-0.4, -0.2) is 29.4 Å². The Morgan fingerprint density at radius 2 is 1.90 bits per heavy atom. The van der Waals surface area contributed by atoms with Gasteiger partial charge in [-0.25, -0.2) is 4.21 Å². The Hall–Kier alpha value is 0.240. The van der Waals surface area contributed by atoms with Crippen LogP contribution in [0, 0.1) is 0 Å². The molecule has 10 heavy (non-hydrogen) atoms. The molecule has 0 saturated carbocycles. The molecule has 0 saturated heterocycles. The fraction of sp³-hybridized carbons (Fsp3) is 1.00. The summed E-state index contributed by atoms with van der Waals surface area (Å²) in [5.41, 5.74) is 0. The van der Waals surface area contributed by atoms with E-state index in [9.17, 15) is 12.6 Å². The van der Waals surface area contributed by atoms with Crippen molar-refractivity contribution in [2.75, 3.05) is 12.2 Å². The van der Waals surface area contributed by atoms with Gasteiger partial charge in [-0.3, -0.25) is 8.74 Å². The highest BCUT2D eigenvalue weighted by atomic mass is 32.8. The zero-order valence-corrected chi connectivity index (χ0v) is 7.46. The molecule has 5 nitrogen and oxygen atoms in total. The van der Waals surface area contributed by atoms with Crippen molar-refractivity contribution < 1.29 is 21.4 Å². The van der Waals surface area contributed by atoms with E-state index in [0.29, 0.717) is 0 Å². The van der Waals surface area contributed by atoms with Crippen LogP contribution in [-0.2, 0) is 34.3 Å². The lowest BCUT2D eigenvalue weighted by atomic mass is 11.8. The number of hydrogen-bond donors (Lipinski definition) is 1. The van der Waals surface area contributed by atoms with Crippen molar-refractivity contribution in [1.82, 2.24) is 0 Å². The van der Waals surface area contributed by atoms with Gasteiger partial charge in [-0.2, -0.15) is 8.42 Å². The van der Waals surface area contributed by atoms with Gasteiger partial charge >= 0.3 is 0 Å². The number of hydrogen-bond acceptors (Lipinski definition) is 5. The molecule has 0 spiro atoms. The predicted molar refractivity (Wildman–Crippen MR) is 38.9 cm³/mol. The van der Waals surface area contributed by atoms with E-state index in [-0.39, 0.29) is 0 Å². The van der Waals surface area contributed by atoms with E-state index in [0.717, 1.165) is 7.11 Å². The maximum atomic E-state index is 10.6. The summed E-state index contributed by atoms with van der Waals surface area (Å²) in [6, 6.07) is 0. The van der Waals surface area contributed by atoms with Gasteiger partial charge in [-0.1, -0.05) is 0 Å². The largest absolute Gasteiger partial charge is 0.293 e. The van der Waals surface area contributed by atoms with Crippen LogP contribution in [0.5, 0.6) is 0 Å². The van der Waals surface area contributed by atoms with E-state index in [1.165, 1.54) is 0 Å². The molecule has 1 N–H and O–H groups in total. The lowest BCUT2D eigenvalue weighted by Crippen LogP contribution is -2.15. The van der Waals surface area contributed by atoms with Crippen molar-refractivity contribution >= 4 is 30.1 Å². The van der Waals surface area contributed by atoms with Gasteiger partial charge in [-0.05, 0) is 0 Å². The van der Waals surface area contributed by atoms with E-state index in [4.69, 9.17) is 4.55 Å². The smallest absolute Gasteiger partial charge is 0.279 e. The molecule has 1 unspecified atom stereocenters. The van der Waals surface area contributed by atoms with Crippen molar-refractivity contribution in [3.63, 3.8) is 0 Å². The van der Waals surface area contributed by atoms with Crippen molar-refractivity contribution in [2.45, 2.75) is 0 Å². The maximum absolute atomic E-state index is 10.6. The second-order valence-electron chi connectivity index (χ2n) is 1.42. The Bertz CT molecular complexity index is 283. The third-order valence-electron chi connectivity index (χ3n) is 0.547. The molecular formula is C2H6O5S3. The highest BCUT2D eigenvalue weighted by Crippen LogP contribution is 1.95.